The van der Waals surface area contributed by atoms with Crippen LogP contribution in [0.3, 0.4) is 0 Å². The summed E-state index contributed by atoms with van der Waals surface area (Å²) in [5.41, 5.74) is -0.688. The van der Waals surface area contributed by atoms with Crippen LogP contribution in [0, 0.1) is 12.8 Å². The van der Waals surface area contributed by atoms with Crippen LogP contribution in [0.4, 0.5) is 17.6 Å². The lowest BCUT2D eigenvalue weighted by molar-refractivity contribution is -0.121. The van der Waals surface area contributed by atoms with E-state index in [0.717, 1.165) is 23.6 Å². The predicted molar refractivity (Wildman–Crippen MR) is 149 cm³/mol. The molecule has 2 aliphatic rings. The maximum absolute atomic E-state index is 15.5. The Morgan fingerprint density at radius 2 is 1.98 bits per heavy atom. The summed E-state index contributed by atoms with van der Waals surface area (Å²) in [5, 5.41) is 15.5. The van der Waals surface area contributed by atoms with Crippen LogP contribution in [-0.2, 0) is 11.2 Å². The van der Waals surface area contributed by atoms with E-state index in [1.165, 1.54) is 12.2 Å². The first kappa shape index (κ1) is 33.5. The molecule has 0 spiro atoms. The first-order chi connectivity index (χ1) is 18.8. The van der Waals surface area contributed by atoms with Crippen LogP contribution in [0.2, 0.25) is 0 Å². The van der Waals surface area contributed by atoms with E-state index in [2.05, 4.69) is 10.6 Å². The fraction of sp³-hybridized carbons (Fsp3) is 0.600. The molecule has 6 nitrogen and oxygen atoms in total. The molecule has 1 amide bonds. The SMILES string of the molecule is CC.CCC(C)C(=O)Cc1cc(C(=O)NCCC(O)CN2CCC(F)(C3C=CC=C(C(F)(F)F)N3)C2)ccc1C. The number of carbonyl (C=O) groups is 2. The number of likely N-dealkylation sites (tertiary alicyclic amines) is 1. The van der Waals surface area contributed by atoms with Gasteiger partial charge < -0.3 is 15.7 Å². The Bertz CT molecular complexity index is 1070. The number of benzene rings is 1. The van der Waals surface area contributed by atoms with Crippen LogP contribution in [0.1, 0.15) is 68.4 Å². The van der Waals surface area contributed by atoms with Gasteiger partial charge in [-0.2, -0.15) is 13.2 Å². The maximum atomic E-state index is 15.5. The number of dihydropyridines is 1. The molecule has 1 aromatic carbocycles. The number of rotatable bonds is 11. The molecule has 1 aromatic rings. The molecule has 0 bridgehead atoms. The molecule has 4 unspecified atom stereocenters. The first-order valence-corrected chi connectivity index (χ1v) is 14.0. The third-order valence-corrected chi connectivity index (χ3v) is 7.44. The second-order valence-electron chi connectivity index (χ2n) is 10.4. The van der Waals surface area contributed by atoms with E-state index < -0.39 is 29.7 Å². The van der Waals surface area contributed by atoms with Gasteiger partial charge in [0.25, 0.3) is 5.91 Å². The monoisotopic (exact) mass is 569 g/mol. The van der Waals surface area contributed by atoms with Crippen molar-refractivity contribution in [3.05, 3.63) is 58.8 Å². The molecule has 2 aliphatic heterocycles. The summed E-state index contributed by atoms with van der Waals surface area (Å²) in [6, 6.07) is 4.12. The highest BCUT2D eigenvalue weighted by molar-refractivity contribution is 5.95. The number of alkyl halides is 4. The number of amides is 1. The number of halogens is 4. The summed E-state index contributed by atoms with van der Waals surface area (Å²) in [6.45, 7) is 10.3. The molecule has 3 N–H and O–H groups in total. The van der Waals surface area contributed by atoms with Gasteiger partial charge in [-0.25, -0.2) is 4.39 Å². The van der Waals surface area contributed by atoms with Gasteiger partial charge in [0.2, 0.25) is 0 Å². The zero-order valence-corrected chi connectivity index (χ0v) is 24.1. The van der Waals surface area contributed by atoms with Crippen LogP contribution in [0.15, 0.2) is 42.1 Å². The molecule has 1 fully saturated rings. The van der Waals surface area contributed by atoms with Gasteiger partial charge in [0.1, 0.15) is 17.1 Å². The van der Waals surface area contributed by atoms with E-state index in [0.29, 0.717) is 12.1 Å². The molecule has 0 saturated carbocycles. The van der Waals surface area contributed by atoms with Crippen LogP contribution in [-0.4, -0.2) is 71.9 Å². The number of allylic oxidation sites excluding steroid dienone is 3. The number of nitrogens with one attached hydrogen (secondary N) is 2. The Balaban J connectivity index is 0.00000274. The number of carbonyl (C=O) groups excluding carboxylic acids is 2. The fourth-order valence-corrected chi connectivity index (χ4v) is 4.72. The lowest BCUT2D eigenvalue weighted by atomic mass is 9.93. The van der Waals surface area contributed by atoms with E-state index in [1.807, 2.05) is 40.7 Å². The van der Waals surface area contributed by atoms with Gasteiger partial charge in [0, 0.05) is 44.1 Å². The van der Waals surface area contributed by atoms with E-state index >= 15 is 4.39 Å². The van der Waals surface area contributed by atoms with Gasteiger partial charge in [0.15, 0.2) is 0 Å². The van der Waals surface area contributed by atoms with Crippen molar-refractivity contribution in [3.63, 3.8) is 0 Å². The minimum absolute atomic E-state index is 0.0406. The molecule has 2 heterocycles. The number of aryl methyl sites for hydroxylation is 1. The number of hydrogen-bond donors (Lipinski definition) is 3. The first-order valence-electron chi connectivity index (χ1n) is 14.0. The summed E-state index contributed by atoms with van der Waals surface area (Å²) in [7, 11) is 0. The standard InChI is InChI=1S/C28H37F4N3O3.C2H6/c1-4-18(2)23(37)15-21-14-20(9-8-19(21)3)26(38)33-12-10-22(36)16-35-13-11-27(29,17-35)24-6-5-7-25(34-24)28(30,31)32;1-2/h5-9,14,18,22,24,34,36H,4,10-13,15-17H2,1-3H3,(H,33,38);1-2H3. The van der Waals surface area contributed by atoms with Gasteiger partial charge in [0.05, 0.1) is 12.1 Å². The zero-order valence-electron chi connectivity index (χ0n) is 24.1. The van der Waals surface area contributed by atoms with Crippen molar-refractivity contribution >= 4 is 11.7 Å². The molecule has 3 rings (SSSR count). The Kier molecular flexibility index (Phi) is 12.4. The number of Topliss-reactive ketones (excluding diaryl/α,β-unsaturated/α-hetero) is 1. The molecule has 0 aromatic heterocycles. The number of aliphatic hydroxyl groups excluding tert-OH is 1. The van der Waals surface area contributed by atoms with Gasteiger partial charge >= 0.3 is 6.18 Å². The van der Waals surface area contributed by atoms with Crippen LogP contribution < -0.4 is 10.6 Å². The van der Waals surface area contributed by atoms with E-state index in [1.54, 1.807) is 17.0 Å². The molecule has 224 valence electrons. The van der Waals surface area contributed by atoms with Gasteiger partial charge in [-0.05, 0) is 55.5 Å². The van der Waals surface area contributed by atoms with Crippen molar-refractivity contribution in [1.82, 2.24) is 15.5 Å². The number of nitrogens with zero attached hydrogens (tertiary/aromatic N) is 1. The van der Waals surface area contributed by atoms with Crippen LogP contribution in [0.25, 0.3) is 0 Å². The van der Waals surface area contributed by atoms with Crippen LogP contribution in [0.5, 0.6) is 0 Å². The predicted octanol–water partition coefficient (Wildman–Crippen LogP) is 5.05. The molecule has 1 saturated heterocycles. The van der Waals surface area contributed by atoms with Crippen molar-refractivity contribution in [2.45, 2.75) is 84.3 Å². The Morgan fingerprint density at radius 1 is 1.27 bits per heavy atom. The highest BCUT2D eigenvalue weighted by Gasteiger charge is 2.47. The minimum atomic E-state index is -4.58. The summed E-state index contributed by atoms with van der Waals surface area (Å²) in [5.74, 6) is -0.235. The number of aliphatic hydroxyl groups is 1. The molecule has 0 radical (unpaired) electrons. The molecular weight excluding hydrogens is 526 g/mol. The second-order valence-corrected chi connectivity index (χ2v) is 10.4. The van der Waals surface area contributed by atoms with Gasteiger partial charge in [-0.15, -0.1) is 0 Å². The van der Waals surface area contributed by atoms with Gasteiger partial charge in [-0.3, -0.25) is 14.5 Å². The highest BCUT2D eigenvalue weighted by atomic mass is 19.4. The molecule has 4 atom stereocenters. The highest BCUT2D eigenvalue weighted by Crippen LogP contribution is 2.34. The maximum Gasteiger partial charge on any atom is 0.430 e. The lowest BCUT2D eigenvalue weighted by Gasteiger charge is -2.33. The lowest BCUT2D eigenvalue weighted by Crippen LogP contribution is -2.51. The van der Waals surface area contributed by atoms with Crippen molar-refractivity contribution in [2.75, 3.05) is 26.2 Å². The number of ketones is 1. The summed E-state index contributed by atoms with van der Waals surface area (Å²) in [4.78, 5) is 26.7. The van der Waals surface area contributed by atoms with Crippen molar-refractivity contribution in [1.29, 1.82) is 0 Å². The Morgan fingerprint density at radius 3 is 2.62 bits per heavy atom. The zero-order chi connectivity index (χ0) is 30.1. The Hall–Kier alpha value is -2.72. The van der Waals surface area contributed by atoms with E-state index in [4.69, 9.17) is 0 Å². The molecule has 0 aliphatic carbocycles. The average molecular weight is 570 g/mol. The second kappa shape index (κ2) is 14.8. The quantitative estimate of drug-likeness (QED) is 0.325. The summed E-state index contributed by atoms with van der Waals surface area (Å²) in [6.07, 6.45) is -0.638. The van der Waals surface area contributed by atoms with Crippen molar-refractivity contribution in [2.24, 2.45) is 5.92 Å². The van der Waals surface area contributed by atoms with Crippen molar-refractivity contribution in [3.8, 4) is 0 Å². The minimum Gasteiger partial charge on any atom is -0.392 e. The fourth-order valence-electron chi connectivity index (χ4n) is 4.72. The smallest absolute Gasteiger partial charge is 0.392 e. The van der Waals surface area contributed by atoms with Gasteiger partial charge in [-0.1, -0.05) is 45.9 Å². The summed E-state index contributed by atoms with van der Waals surface area (Å²) >= 11 is 0. The average Bonchev–Trinajstić information content (AvgIpc) is 3.31. The summed E-state index contributed by atoms with van der Waals surface area (Å²) < 4.78 is 54.5. The third kappa shape index (κ3) is 9.16. The third-order valence-electron chi connectivity index (χ3n) is 7.44. The number of β-amino-alcohol motifs (C(OH)–C–C–N with tert-alkyl or cyclic N) is 1. The largest absolute Gasteiger partial charge is 0.430 e. The molecule has 10 heteroatoms. The van der Waals surface area contributed by atoms with E-state index in [-0.39, 0.29) is 56.5 Å². The topological polar surface area (TPSA) is 81.7 Å². The molecular formula is C30H43F4N3O3. The Labute approximate surface area is 234 Å². The normalized spacial score (nSPS) is 22.4. The van der Waals surface area contributed by atoms with E-state index in [9.17, 15) is 27.9 Å². The number of hydrogen-bond acceptors (Lipinski definition) is 5. The molecule has 40 heavy (non-hydrogen) atoms. The van der Waals surface area contributed by atoms with Crippen molar-refractivity contribution < 1.29 is 32.3 Å². The van der Waals surface area contributed by atoms with Crippen LogP contribution >= 0.6 is 0 Å².